The zero-order chi connectivity index (χ0) is 14.4. The molecule has 0 aromatic heterocycles. The van der Waals surface area contributed by atoms with Gasteiger partial charge in [0.05, 0.1) is 18.9 Å². The number of nitriles is 1. The molecular formula is C17H18N2O. The number of likely N-dealkylation sites (N-methyl/N-ethyl adjacent to an activating group) is 1. The van der Waals surface area contributed by atoms with Crippen LogP contribution in [0.2, 0.25) is 0 Å². The Morgan fingerprint density at radius 3 is 2.70 bits per heavy atom. The van der Waals surface area contributed by atoms with Crippen molar-refractivity contribution in [3.05, 3.63) is 48.0 Å². The van der Waals surface area contributed by atoms with Crippen LogP contribution in [-0.4, -0.2) is 23.9 Å². The molecule has 0 radical (unpaired) electrons. The number of benzene rings is 2. The van der Waals surface area contributed by atoms with Crippen molar-refractivity contribution < 1.29 is 4.79 Å². The molecule has 2 rings (SSSR count). The van der Waals surface area contributed by atoms with Gasteiger partial charge in [0, 0.05) is 13.1 Å². The number of carbonyl (C=O) groups excluding carboxylic acids is 1. The Bertz CT molecular complexity index is 637. The van der Waals surface area contributed by atoms with Gasteiger partial charge in [-0.3, -0.25) is 4.79 Å². The summed E-state index contributed by atoms with van der Waals surface area (Å²) in [5.41, 5.74) is 1.04. The lowest BCUT2D eigenvalue weighted by molar-refractivity contribution is -0.130. The fourth-order valence-electron chi connectivity index (χ4n) is 2.37. The molecule has 1 amide bonds. The summed E-state index contributed by atoms with van der Waals surface area (Å²) in [7, 11) is 0. The smallest absolute Gasteiger partial charge is 0.227 e. The lowest BCUT2D eigenvalue weighted by atomic mass is 10.0. The van der Waals surface area contributed by atoms with Crippen LogP contribution in [-0.2, 0) is 11.2 Å². The number of fused-ring (bicyclic) bond motifs is 1. The van der Waals surface area contributed by atoms with Crippen molar-refractivity contribution in [3.63, 3.8) is 0 Å². The number of hydrogen-bond donors (Lipinski definition) is 0. The third-order valence-corrected chi connectivity index (χ3v) is 3.45. The van der Waals surface area contributed by atoms with E-state index >= 15 is 0 Å². The fraction of sp³-hybridized carbons (Fsp3) is 0.294. The van der Waals surface area contributed by atoms with Crippen LogP contribution in [0.5, 0.6) is 0 Å². The van der Waals surface area contributed by atoms with E-state index in [-0.39, 0.29) is 5.91 Å². The van der Waals surface area contributed by atoms with E-state index in [9.17, 15) is 4.79 Å². The highest BCUT2D eigenvalue weighted by atomic mass is 16.2. The summed E-state index contributed by atoms with van der Waals surface area (Å²) in [5, 5.41) is 10.9. The summed E-state index contributed by atoms with van der Waals surface area (Å²) in [6.45, 7) is 3.10. The maximum Gasteiger partial charge on any atom is 0.227 e. The third kappa shape index (κ3) is 3.16. The van der Waals surface area contributed by atoms with Gasteiger partial charge in [-0.05, 0) is 23.3 Å². The molecule has 3 nitrogen and oxygen atoms in total. The molecule has 2 aromatic carbocycles. The van der Waals surface area contributed by atoms with Crippen molar-refractivity contribution in [2.45, 2.75) is 19.8 Å². The van der Waals surface area contributed by atoms with E-state index in [4.69, 9.17) is 5.26 Å². The normalized spacial score (nSPS) is 10.2. The van der Waals surface area contributed by atoms with Crippen molar-refractivity contribution >= 4 is 16.7 Å². The first-order chi connectivity index (χ1) is 9.76. The Morgan fingerprint density at radius 2 is 1.95 bits per heavy atom. The van der Waals surface area contributed by atoms with Crippen molar-refractivity contribution in [1.82, 2.24) is 4.90 Å². The molecule has 0 bridgehead atoms. The molecule has 0 aliphatic carbocycles. The quantitative estimate of drug-likeness (QED) is 0.834. The van der Waals surface area contributed by atoms with Gasteiger partial charge in [0.2, 0.25) is 5.91 Å². The van der Waals surface area contributed by atoms with Crippen LogP contribution in [0.1, 0.15) is 18.9 Å². The molecule has 0 N–H and O–H groups in total. The maximum atomic E-state index is 12.3. The van der Waals surface area contributed by atoms with Gasteiger partial charge < -0.3 is 4.90 Å². The topological polar surface area (TPSA) is 44.1 Å². The van der Waals surface area contributed by atoms with E-state index in [1.807, 2.05) is 37.3 Å². The molecule has 0 spiro atoms. The first-order valence-electron chi connectivity index (χ1n) is 6.87. The van der Waals surface area contributed by atoms with Crippen LogP contribution in [0, 0.1) is 11.3 Å². The molecule has 0 heterocycles. The Balaban J connectivity index is 2.19. The van der Waals surface area contributed by atoms with E-state index < -0.39 is 0 Å². The van der Waals surface area contributed by atoms with Crippen LogP contribution in [0.3, 0.4) is 0 Å². The van der Waals surface area contributed by atoms with Crippen molar-refractivity contribution in [2.75, 3.05) is 13.1 Å². The Kier molecular flexibility index (Phi) is 4.73. The van der Waals surface area contributed by atoms with Gasteiger partial charge in [0.25, 0.3) is 0 Å². The average Bonchev–Trinajstić information content (AvgIpc) is 2.48. The van der Waals surface area contributed by atoms with E-state index in [0.717, 1.165) is 16.3 Å². The predicted molar refractivity (Wildman–Crippen MR) is 80.1 cm³/mol. The van der Waals surface area contributed by atoms with E-state index in [0.29, 0.717) is 25.9 Å². The van der Waals surface area contributed by atoms with Crippen LogP contribution < -0.4 is 0 Å². The van der Waals surface area contributed by atoms with Crippen molar-refractivity contribution in [2.24, 2.45) is 0 Å². The molecule has 102 valence electrons. The van der Waals surface area contributed by atoms with Gasteiger partial charge in [-0.1, -0.05) is 42.5 Å². The number of carbonyl (C=O) groups is 1. The maximum absolute atomic E-state index is 12.3. The predicted octanol–water partition coefficient (Wildman–Crippen LogP) is 3.14. The summed E-state index contributed by atoms with van der Waals surface area (Å²) in [6, 6.07) is 16.2. The second-order valence-corrected chi connectivity index (χ2v) is 4.70. The molecule has 0 saturated heterocycles. The van der Waals surface area contributed by atoms with Gasteiger partial charge in [0.1, 0.15) is 0 Å². The Morgan fingerprint density at radius 1 is 1.20 bits per heavy atom. The van der Waals surface area contributed by atoms with Crippen LogP contribution >= 0.6 is 0 Å². The third-order valence-electron chi connectivity index (χ3n) is 3.45. The molecule has 3 heteroatoms. The Hall–Kier alpha value is -2.34. The van der Waals surface area contributed by atoms with Gasteiger partial charge in [-0.25, -0.2) is 0 Å². The molecule has 0 atom stereocenters. The highest BCUT2D eigenvalue weighted by molar-refractivity contribution is 5.90. The van der Waals surface area contributed by atoms with E-state index in [1.165, 1.54) is 0 Å². The van der Waals surface area contributed by atoms with E-state index in [1.54, 1.807) is 4.90 Å². The molecule has 0 unspecified atom stereocenters. The van der Waals surface area contributed by atoms with Crippen molar-refractivity contribution in [3.8, 4) is 6.07 Å². The first kappa shape index (κ1) is 14.1. The van der Waals surface area contributed by atoms with Gasteiger partial charge in [-0.2, -0.15) is 5.26 Å². The number of nitrogens with zero attached hydrogens (tertiary/aromatic N) is 2. The second kappa shape index (κ2) is 6.72. The zero-order valence-electron chi connectivity index (χ0n) is 11.7. The highest BCUT2D eigenvalue weighted by Crippen LogP contribution is 2.19. The SMILES string of the molecule is CCN(CCC#N)C(=O)Cc1cccc2ccccc12. The van der Waals surface area contributed by atoms with E-state index in [2.05, 4.69) is 18.2 Å². The van der Waals surface area contributed by atoms with Crippen LogP contribution in [0.25, 0.3) is 10.8 Å². The molecule has 0 fully saturated rings. The van der Waals surface area contributed by atoms with Crippen LogP contribution in [0.4, 0.5) is 0 Å². The molecule has 0 aliphatic rings. The lowest BCUT2D eigenvalue weighted by Gasteiger charge is -2.20. The average molecular weight is 266 g/mol. The fourth-order valence-corrected chi connectivity index (χ4v) is 2.37. The first-order valence-corrected chi connectivity index (χ1v) is 6.87. The molecule has 2 aromatic rings. The zero-order valence-corrected chi connectivity index (χ0v) is 11.7. The minimum atomic E-state index is 0.0825. The van der Waals surface area contributed by atoms with Crippen LogP contribution in [0.15, 0.2) is 42.5 Å². The lowest BCUT2D eigenvalue weighted by Crippen LogP contribution is -2.32. The standard InChI is InChI=1S/C17H18N2O/c1-2-19(12-6-11-18)17(20)13-15-9-5-8-14-7-3-4-10-16(14)15/h3-5,7-10H,2,6,12-13H2,1H3. The summed E-state index contributed by atoms with van der Waals surface area (Å²) in [4.78, 5) is 14.1. The highest BCUT2D eigenvalue weighted by Gasteiger charge is 2.13. The largest absolute Gasteiger partial charge is 0.342 e. The number of rotatable bonds is 5. The molecule has 20 heavy (non-hydrogen) atoms. The van der Waals surface area contributed by atoms with Crippen molar-refractivity contribution in [1.29, 1.82) is 5.26 Å². The summed E-state index contributed by atoms with van der Waals surface area (Å²) >= 11 is 0. The number of amides is 1. The minimum absolute atomic E-state index is 0.0825. The summed E-state index contributed by atoms with van der Waals surface area (Å²) < 4.78 is 0. The van der Waals surface area contributed by atoms with Gasteiger partial charge >= 0.3 is 0 Å². The number of hydrogen-bond acceptors (Lipinski definition) is 2. The molecule has 0 aliphatic heterocycles. The summed E-state index contributed by atoms with van der Waals surface area (Å²) in [6.07, 6.45) is 0.774. The monoisotopic (exact) mass is 266 g/mol. The second-order valence-electron chi connectivity index (χ2n) is 4.70. The summed E-state index contributed by atoms with van der Waals surface area (Å²) in [5.74, 6) is 0.0825. The van der Waals surface area contributed by atoms with Gasteiger partial charge in [0.15, 0.2) is 0 Å². The minimum Gasteiger partial charge on any atom is -0.342 e. The molecule has 0 saturated carbocycles. The van der Waals surface area contributed by atoms with Gasteiger partial charge in [-0.15, -0.1) is 0 Å². The Labute approximate surface area is 119 Å². The molecular weight excluding hydrogens is 248 g/mol.